The van der Waals surface area contributed by atoms with Gasteiger partial charge in [-0.3, -0.25) is 19.7 Å². The zero-order chi connectivity index (χ0) is 24.1. The summed E-state index contributed by atoms with van der Waals surface area (Å²) in [6, 6.07) is 10.5. The fourth-order valence-electron chi connectivity index (χ4n) is 3.77. The van der Waals surface area contributed by atoms with Gasteiger partial charge in [-0.1, -0.05) is 31.5 Å². The number of ether oxygens (including phenoxy) is 1. The van der Waals surface area contributed by atoms with Crippen LogP contribution in [0.4, 0.5) is 11.4 Å². The normalized spacial score (nSPS) is 13.8. The average Bonchev–Trinajstić information content (AvgIpc) is 2.79. The van der Waals surface area contributed by atoms with Crippen LogP contribution in [0.1, 0.15) is 41.8 Å². The minimum absolute atomic E-state index is 0.0291. The van der Waals surface area contributed by atoms with Gasteiger partial charge in [0.15, 0.2) is 6.61 Å². The summed E-state index contributed by atoms with van der Waals surface area (Å²) < 4.78 is 5.26. The summed E-state index contributed by atoms with van der Waals surface area (Å²) >= 11 is 0. The lowest BCUT2D eigenvalue weighted by Crippen LogP contribution is -2.46. The highest BCUT2D eigenvalue weighted by atomic mass is 16.6. The number of nitrogens with one attached hydrogen (secondary N) is 1. The fraction of sp³-hybridized carbons (Fsp3) is 0.375. The van der Waals surface area contributed by atoms with E-state index < -0.39 is 35.4 Å². The van der Waals surface area contributed by atoms with E-state index in [-0.39, 0.29) is 11.6 Å². The molecule has 1 heterocycles. The summed E-state index contributed by atoms with van der Waals surface area (Å²) in [7, 11) is 0. The number of rotatable bonds is 7. The molecule has 174 valence electrons. The minimum Gasteiger partial charge on any atom is -0.454 e. The van der Waals surface area contributed by atoms with Crippen LogP contribution in [0.3, 0.4) is 0 Å². The lowest BCUT2D eigenvalue weighted by atomic mass is 10.0. The maximum absolute atomic E-state index is 12.8. The van der Waals surface area contributed by atoms with Crippen LogP contribution in [0.5, 0.6) is 0 Å². The van der Waals surface area contributed by atoms with Gasteiger partial charge in [0, 0.05) is 29.9 Å². The van der Waals surface area contributed by atoms with Crippen molar-refractivity contribution in [3.05, 3.63) is 69.3 Å². The second kappa shape index (κ2) is 10.2. The number of aryl methyl sites for hydroxylation is 2. The van der Waals surface area contributed by atoms with E-state index in [0.717, 1.165) is 5.56 Å². The van der Waals surface area contributed by atoms with Gasteiger partial charge in [0.1, 0.15) is 6.04 Å². The van der Waals surface area contributed by atoms with Gasteiger partial charge < -0.3 is 15.0 Å². The summed E-state index contributed by atoms with van der Waals surface area (Å²) in [5, 5.41) is 13.7. The van der Waals surface area contributed by atoms with E-state index >= 15 is 0 Å². The molecule has 0 aromatic heterocycles. The van der Waals surface area contributed by atoms with Gasteiger partial charge in [-0.25, -0.2) is 4.79 Å². The monoisotopic (exact) mass is 453 g/mol. The van der Waals surface area contributed by atoms with Crippen LogP contribution in [0, 0.1) is 23.0 Å². The van der Waals surface area contributed by atoms with E-state index in [1.807, 2.05) is 13.0 Å². The van der Waals surface area contributed by atoms with Crippen LogP contribution >= 0.6 is 0 Å². The summed E-state index contributed by atoms with van der Waals surface area (Å²) in [6.07, 6.45) is 1.27. The van der Waals surface area contributed by atoms with E-state index in [2.05, 4.69) is 5.32 Å². The molecule has 9 heteroatoms. The van der Waals surface area contributed by atoms with E-state index in [9.17, 15) is 24.5 Å². The van der Waals surface area contributed by atoms with E-state index in [1.165, 1.54) is 17.0 Å². The third-order valence-corrected chi connectivity index (χ3v) is 5.52. The Labute approximate surface area is 191 Å². The quantitative estimate of drug-likeness (QED) is 0.391. The molecule has 0 bridgehead atoms. The second-order valence-electron chi connectivity index (χ2n) is 8.39. The first-order valence-corrected chi connectivity index (χ1v) is 10.8. The second-order valence-corrected chi connectivity index (χ2v) is 8.39. The topological polar surface area (TPSA) is 119 Å². The Balaban J connectivity index is 1.65. The van der Waals surface area contributed by atoms with Crippen LogP contribution in [0.2, 0.25) is 0 Å². The molecule has 0 saturated carbocycles. The number of nitro benzene ring substituents is 1. The van der Waals surface area contributed by atoms with E-state index in [1.54, 1.807) is 38.1 Å². The van der Waals surface area contributed by atoms with E-state index in [0.29, 0.717) is 36.2 Å². The standard InChI is InChI=1S/C24H27N3O6/c1-15(2)22(25-23(29)18-7-4-6-16(3)12-18)24(30)33-14-21(28)26-11-5-8-17-13-19(27(31)32)9-10-20(17)26/h4,6-7,9-10,12-13,15,22H,5,8,11,14H2,1-3H3,(H,25,29)/t22-/m0/s1. The Hall–Kier alpha value is -3.75. The van der Waals surface area contributed by atoms with Crippen molar-refractivity contribution in [2.24, 2.45) is 5.92 Å². The van der Waals surface area contributed by atoms with Gasteiger partial charge >= 0.3 is 5.97 Å². The molecule has 0 aliphatic carbocycles. The van der Waals surface area contributed by atoms with Crippen molar-refractivity contribution in [3.8, 4) is 0 Å². The van der Waals surface area contributed by atoms with Gasteiger partial charge in [-0.15, -0.1) is 0 Å². The number of fused-ring (bicyclic) bond motifs is 1. The van der Waals surface area contributed by atoms with Crippen LogP contribution in [0.15, 0.2) is 42.5 Å². The number of anilines is 1. The summed E-state index contributed by atoms with van der Waals surface area (Å²) in [5.74, 6) is -1.77. The Morgan fingerprint density at radius 1 is 1.18 bits per heavy atom. The van der Waals surface area contributed by atoms with Crippen LogP contribution in [-0.4, -0.2) is 41.9 Å². The molecule has 3 rings (SSSR count). The molecule has 9 nitrogen and oxygen atoms in total. The third-order valence-electron chi connectivity index (χ3n) is 5.52. The van der Waals surface area contributed by atoms with Crippen molar-refractivity contribution >= 4 is 29.2 Å². The van der Waals surface area contributed by atoms with Gasteiger partial charge in [0.05, 0.1) is 4.92 Å². The number of carbonyl (C=O) groups is 3. The first-order chi connectivity index (χ1) is 15.7. The molecule has 1 aliphatic rings. The van der Waals surface area contributed by atoms with Crippen molar-refractivity contribution in [1.29, 1.82) is 0 Å². The fourth-order valence-corrected chi connectivity index (χ4v) is 3.77. The van der Waals surface area contributed by atoms with Gasteiger partial charge in [-0.2, -0.15) is 0 Å². The number of carbonyl (C=O) groups excluding carboxylic acids is 3. The van der Waals surface area contributed by atoms with Crippen molar-refractivity contribution in [1.82, 2.24) is 5.32 Å². The molecule has 1 atom stereocenters. The molecule has 2 aromatic rings. The summed E-state index contributed by atoms with van der Waals surface area (Å²) in [6.45, 7) is 5.36. The minimum atomic E-state index is -0.915. The Kier molecular flexibility index (Phi) is 7.42. The lowest BCUT2D eigenvalue weighted by molar-refractivity contribution is -0.384. The molecular weight excluding hydrogens is 426 g/mol. The summed E-state index contributed by atoms with van der Waals surface area (Å²) in [5.41, 5.74) is 2.62. The van der Waals surface area contributed by atoms with Crippen LogP contribution in [-0.2, 0) is 20.7 Å². The highest BCUT2D eigenvalue weighted by Gasteiger charge is 2.29. The lowest BCUT2D eigenvalue weighted by Gasteiger charge is -2.29. The number of esters is 1. The molecule has 2 aromatic carbocycles. The molecule has 0 spiro atoms. The first kappa shape index (κ1) is 23.9. The maximum atomic E-state index is 12.8. The highest BCUT2D eigenvalue weighted by molar-refractivity contribution is 5.98. The molecule has 0 unspecified atom stereocenters. The Bertz CT molecular complexity index is 1080. The molecule has 1 aliphatic heterocycles. The number of hydrogen-bond acceptors (Lipinski definition) is 6. The van der Waals surface area contributed by atoms with Crippen molar-refractivity contribution in [3.63, 3.8) is 0 Å². The van der Waals surface area contributed by atoms with Gasteiger partial charge in [0.25, 0.3) is 17.5 Å². The zero-order valence-electron chi connectivity index (χ0n) is 18.9. The smallest absolute Gasteiger partial charge is 0.329 e. The number of benzene rings is 2. The number of nitro groups is 1. The van der Waals surface area contributed by atoms with Crippen LogP contribution < -0.4 is 10.2 Å². The number of nitrogens with zero attached hydrogens (tertiary/aromatic N) is 2. The first-order valence-electron chi connectivity index (χ1n) is 10.8. The molecule has 2 amide bonds. The predicted molar refractivity (Wildman–Crippen MR) is 122 cm³/mol. The molecule has 0 radical (unpaired) electrons. The predicted octanol–water partition coefficient (Wildman–Crippen LogP) is 3.18. The SMILES string of the molecule is Cc1cccc(C(=O)N[C@H](C(=O)OCC(=O)N2CCCc3cc([N+](=O)[O-])ccc32)C(C)C)c1. The third kappa shape index (κ3) is 5.74. The van der Waals surface area contributed by atoms with Crippen molar-refractivity contribution in [2.75, 3.05) is 18.1 Å². The molecule has 33 heavy (non-hydrogen) atoms. The maximum Gasteiger partial charge on any atom is 0.329 e. The molecule has 0 fully saturated rings. The molecular formula is C24H27N3O6. The van der Waals surface area contributed by atoms with Crippen molar-refractivity contribution < 1.29 is 24.0 Å². The number of amides is 2. The average molecular weight is 453 g/mol. The van der Waals surface area contributed by atoms with Crippen molar-refractivity contribution in [2.45, 2.75) is 39.7 Å². The highest BCUT2D eigenvalue weighted by Crippen LogP contribution is 2.30. The number of non-ortho nitro benzene ring substituents is 1. The summed E-state index contributed by atoms with van der Waals surface area (Å²) in [4.78, 5) is 50.1. The Morgan fingerprint density at radius 2 is 1.94 bits per heavy atom. The van der Waals surface area contributed by atoms with Gasteiger partial charge in [-0.05, 0) is 49.4 Å². The largest absolute Gasteiger partial charge is 0.454 e. The van der Waals surface area contributed by atoms with E-state index in [4.69, 9.17) is 4.74 Å². The van der Waals surface area contributed by atoms with Gasteiger partial charge in [0.2, 0.25) is 0 Å². The molecule has 1 N–H and O–H groups in total. The number of hydrogen-bond donors (Lipinski definition) is 1. The zero-order valence-corrected chi connectivity index (χ0v) is 18.9. The Morgan fingerprint density at radius 3 is 2.61 bits per heavy atom. The molecule has 0 saturated heterocycles. The van der Waals surface area contributed by atoms with Crippen LogP contribution in [0.25, 0.3) is 0 Å².